The average Bonchev–Trinajstić information content (AvgIpc) is 2.86. The maximum Gasteiger partial charge on any atom is 0.0701 e. The quantitative estimate of drug-likeness (QED) is 0.796. The fourth-order valence-corrected chi connectivity index (χ4v) is 4.54. The number of nitrogens with one attached hydrogen (secondary N) is 1. The maximum absolute atomic E-state index is 5.99. The van der Waals surface area contributed by atoms with Gasteiger partial charge < -0.3 is 5.32 Å². The first-order valence-corrected chi connectivity index (χ1v) is 8.44. The van der Waals surface area contributed by atoms with E-state index in [2.05, 4.69) is 45.5 Å². The van der Waals surface area contributed by atoms with Crippen molar-refractivity contribution >= 4 is 38.9 Å². The monoisotopic (exact) mass is 355 g/mol. The van der Waals surface area contributed by atoms with Gasteiger partial charge in [-0.05, 0) is 58.7 Å². The summed E-state index contributed by atoms with van der Waals surface area (Å²) in [6.07, 6.45) is 1.19. The average molecular weight is 357 g/mol. The van der Waals surface area contributed by atoms with Gasteiger partial charge in [0.1, 0.15) is 0 Å². The van der Waals surface area contributed by atoms with Crippen LogP contribution in [0.15, 0.2) is 40.2 Å². The number of halogens is 2. The Bertz CT molecular complexity index is 552. The fourth-order valence-electron chi connectivity index (χ4n) is 2.79. The van der Waals surface area contributed by atoms with E-state index in [9.17, 15) is 0 Å². The molecule has 1 N–H and O–H groups in total. The molecule has 0 amide bonds. The van der Waals surface area contributed by atoms with E-state index in [-0.39, 0.29) is 0 Å². The van der Waals surface area contributed by atoms with Gasteiger partial charge in [-0.15, -0.1) is 11.3 Å². The van der Waals surface area contributed by atoms with Gasteiger partial charge in [-0.3, -0.25) is 0 Å². The van der Waals surface area contributed by atoms with Crippen LogP contribution in [-0.4, -0.2) is 13.1 Å². The van der Waals surface area contributed by atoms with Gasteiger partial charge in [0.2, 0.25) is 0 Å². The molecule has 19 heavy (non-hydrogen) atoms. The van der Waals surface area contributed by atoms with Gasteiger partial charge in [0.25, 0.3) is 0 Å². The zero-order chi connectivity index (χ0) is 13.2. The van der Waals surface area contributed by atoms with E-state index in [1.165, 1.54) is 20.6 Å². The van der Waals surface area contributed by atoms with Crippen LogP contribution in [0.1, 0.15) is 28.7 Å². The number of benzene rings is 1. The largest absolute Gasteiger partial charge is 0.316 e. The van der Waals surface area contributed by atoms with Crippen LogP contribution in [0.4, 0.5) is 0 Å². The Kier molecular flexibility index (Phi) is 4.27. The predicted octanol–water partition coefficient (Wildman–Crippen LogP) is 5.02. The third kappa shape index (κ3) is 3.05. The summed E-state index contributed by atoms with van der Waals surface area (Å²) in [4.78, 5) is 1.48. The smallest absolute Gasteiger partial charge is 0.0701 e. The molecule has 1 nitrogen and oxygen atoms in total. The molecular formula is C15H15BrClNS. The molecule has 1 aromatic carbocycles. The molecule has 100 valence electrons. The minimum Gasteiger partial charge on any atom is -0.316 e. The molecule has 1 aromatic heterocycles. The van der Waals surface area contributed by atoms with E-state index in [1.54, 1.807) is 0 Å². The lowest BCUT2D eigenvalue weighted by Gasteiger charge is -2.32. The maximum atomic E-state index is 5.99. The second-order valence-corrected chi connectivity index (χ2v) is 7.83. The third-order valence-corrected chi connectivity index (χ3v) is 5.75. The second kappa shape index (κ2) is 5.96. The zero-order valence-corrected chi connectivity index (χ0v) is 13.6. The van der Waals surface area contributed by atoms with Gasteiger partial charge in [-0.1, -0.05) is 23.7 Å². The Hall–Kier alpha value is -0.350. The molecule has 0 bridgehead atoms. The van der Waals surface area contributed by atoms with Crippen LogP contribution in [0, 0.1) is 0 Å². The molecule has 1 fully saturated rings. The fraction of sp³-hybridized carbons (Fsp3) is 0.333. The molecule has 1 saturated heterocycles. The lowest BCUT2D eigenvalue weighted by Crippen LogP contribution is -2.33. The third-order valence-electron chi connectivity index (χ3n) is 3.74. The molecule has 1 aliphatic heterocycles. The standard InChI is InChI=1S/C15H15BrClNS/c16-15-6-5-14(19-15)12-7-8-18-9-13(12)10-1-3-11(17)4-2-10/h1-6,12-13,18H,7-9H2. The first-order chi connectivity index (χ1) is 9.24. The Morgan fingerprint density at radius 3 is 2.58 bits per heavy atom. The number of thiophene rings is 1. The molecule has 0 radical (unpaired) electrons. The minimum atomic E-state index is 0.538. The number of piperidine rings is 1. The first kappa shape index (κ1) is 13.6. The number of hydrogen-bond acceptors (Lipinski definition) is 2. The van der Waals surface area contributed by atoms with Crippen LogP contribution in [0.5, 0.6) is 0 Å². The summed E-state index contributed by atoms with van der Waals surface area (Å²) in [7, 11) is 0. The molecule has 3 rings (SSSR count). The molecule has 2 unspecified atom stereocenters. The van der Waals surface area contributed by atoms with Gasteiger partial charge in [0, 0.05) is 28.3 Å². The van der Waals surface area contributed by atoms with E-state index in [0.717, 1.165) is 18.1 Å². The Balaban J connectivity index is 1.90. The molecule has 0 spiro atoms. The zero-order valence-electron chi connectivity index (χ0n) is 10.4. The van der Waals surface area contributed by atoms with Gasteiger partial charge in [-0.25, -0.2) is 0 Å². The van der Waals surface area contributed by atoms with E-state index < -0.39 is 0 Å². The van der Waals surface area contributed by atoms with Crippen molar-refractivity contribution in [1.29, 1.82) is 0 Å². The summed E-state index contributed by atoms with van der Waals surface area (Å²) >= 11 is 11.4. The lowest BCUT2D eigenvalue weighted by atomic mass is 9.80. The van der Waals surface area contributed by atoms with Crippen LogP contribution in [0.25, 0.3) is 0 Å². The van der Waals surface area contributed by atoms with Crippen molar-refractivity contribution in [2.24, 2.45) is 0 Å². The molecule has 2 aromatic rings. The Morgan fingerprint density at radius 1 is 1.11 bits per heavy atom. The van der Waals surface area contributed by atoms with Gasteiger partial charge in [0.15, 0.2) is 0 Å². The van der Waals surface area contributed by atoms with Crippen molar-refractivity contribution in [3.63, 3.8) is 0 Å². The van der Waals surface area contributed by atoms with Crippen LogP contribution >= 0.6 is 38.9 Å². The van der Waals surface area contributed by atoms with Crippen molar-refractivity contribution in [3.8, 4) is 0 Å². The lowest BCUT2D eigenvalue weighted by molar-refractivity contribution is 0.408. The normalized spacial score (nSPS) is 23.5. The summed E-state index contributed by atoms with van der Waals surface area (Å²) in [5, 5.41) is 4.32. The molecular weight excluding hydrogens is 342 g/mol. The van der Waals surface area contributed by atoms with Crippen LogP contribution in [0.2, 0.25) is 5.02 Å². The van der Waals surface area contributed by atoms with E-state index in [4.69, 9.17) is 11.6 Å². The van der Waals surface area contributed by atoms with Crippen LogP contribution in [0.3, 0.4) is 0 Å². The van der Waals surface area contributed by atoms with Crippen LogP contribution in [-0.2, 0) is 0 Å². The topological polar surface area (TPSA) is 12.0 Å². The summed E-state index contributed by atoms with van der Waals surface area (Å²) in [6, 6.07) is 12.7. The molecule has 2 atom stereocenters. The van der Waals surface area contributed by atoms with Crippen molar-refractivity contribution in [2.45, 2.75) is 18.3 Å². The highest BCUT2D eigenvalue weighted by molar-refractivity contribution is 9.11. The summed E-state index contributed by atoms with van der Waals surface area (Å²) in [5.41, 5.74) is 1.38. The van der Waals surface area contributed by atoms with Gasteiger partial charge in [-0.2, -0.15) is 0 Å². The summed E-state index contributed by atoms with van der Waals surface area (Å²) in [5.74, 6) is 1.15. The van der Waals surface area contributed by atoms with Crippen molar-refractivity contribution in [3.05, 3.63) is 55.6 Å². The van der Waals surface area contributed by atoms with E-state index in [0.29, 0.717) is 11.8 Å². The van der Waals surface area contributed by atoms with Gasteiger partial charge >= 0.3 is 0 Å². The molecule has 0 saturated carbocycles. The van der Waals surface area contributed by atoms with E-state index in [1.807, 2.05) is 23.5 Å². The van der Waals surface area contributed by atoms with E-state index >= 15 is 0 Å². The number of rotatable bonds is 2. The predicted molar refractivity (Wildman–Crippen MR) is 86.4 cm³/mol. The molecule has 1 aliphatic rings. The Morgan fingerprint density at radius 2 is 1.89 bits per heavy atom. The Labute approximate surface area is 131 Å². The van der Waals surface area contributed by atoms with Gasteiger partial charge in [0.05, 0.1) is 3.79 Å². The molecule has 0 aliphatic carbocycles. The highest BCUT2D eigenvalue weighted by Gasteiger charge is 2.28. The summed E-state index contributed by atoms with van der Waals surface area (Å²) in [6.45, 7) is 2.14. The SMILES string of the molecule is Clc1ccc(C2CNCCC2c2ccc(Br)s2)cc1. The van der Waals surface area contributed by atoms with Crippen molar-refractivity contribution in [2.75, 3.05) is 13.1 Å². The molecule has 4 heteroatoms. The minimum absolute atomic E-state index is 0.538. The van der Waals surface area contributed by atoms with Crippen LogP contribution < -0.4 is 5.32 Å². The summed E-state index contributed by atoms with van der Waals surface area (Å²) < 4.78 is 1.22. The molecule has 2 heterocycles. The highest BCUT2D eigenvalue weighted by Crippen LogP contribution is 2.41. The van der Waals surface area contributed by atoms with Crippen molar-refractivity contribution < 1.29 is 0 Å². The highest BCUT2D eigenvalue weighted by atomic mass is 79.9. The second-order valence-electron chi connectivity index (χ2n) is 4.90. The number of hydrogen-bond donors (Lipinski definition) is 1. The van der Waals surface area contributed by atoms with Crippen molar-refractivity contribution in [1.82, 2.24) is 5.32 Å². The first-order valence-electron chi connectivity index (χ1n) is 6.45.